The number of hydrogen-bond acceptors (Lipinski definition) is 19. The highest BCUT2D eigenvalue weighted by molar-refractivity contribution is 5.90. The Bertz CT molecular complexity index is 2290. The molecule has 63 heavy (non-hydrogen) atoms. The van der Waals surface area contributed by atoms with Crippen LogP contribution in [0, 0.1) is 0 Å². The number of aliphatic hydroxyl groups is 6. The molecule has 3 aromatic rings. The lowest BCUT2D eigenvalue weighted by atomic mass is 9.80. The van der Waals surface area contributed by atoms with Gasteiger partial charge in [0.05, 0.1) is 36.7 Å². The largest absolute Gasteiger partial charge is 0.489 e. The second kappa shape index (κ2) is 18.5. The van der Waals surface area contributed by atoms with Crippen molar-refractivity contribution in [3.05, 3.63) is 99.9 Å². The third-order valence-corrected chi connectivity index (χ3v) is 11.5. The number of carbonyl (C=O) groups is 2. The van der Waals surface area contributed by atoms with Gasteiger partial charge in [-0.05, 0) is 29.3 Å². The number of benzene rings is 3. The van der Waals surface area contributed by atoms with Crippen LogP contribution < -0.4 is 35.2 Å². The quantitative estimate of drug-likeness (QED) is 0.0467. The molecule has 0 amide bonds. The van der Waals surface area contributed by atoms with Crippen molar-refractivity contribution in [3.8, 4) is 28.7 Å². The van der Waals surface area contributed by atoms with Crippen LogP contribution in [0.1, 0.15) is 40.7 Å². The molecule has 0 bridgehead atoms. The number of rotatable bonds is 17. The van der Waals surface area contributed by atoms with Gasteiger partial charge in [-0.15, -0.1) is 0 Å². The standard InChI is InChI=1S/C43H48N4O16/c44-42(45)41(61-30(53)15-29(51)52)40-35(55)34(54)36(56)43(63-40)59-23-13-22(17-47-16-21-8-9-46-33(21)25(47)18-49)31-28(14-23)60-27(12-20-4-2-1-3-5-20)32-24-6-7-26(58-19-50)38(57-11-10-48)37(24)62-39(31)32/h1-9,13-14,27,32,34-36,39-43,48-50,54-56H,10-12,15-19,44-45H2,(H,51,52)/t27-,32-,34+,35+,36-,39+,40+,41-,43-/m1/s1. The predicted molar refractivity (Wildman–Crippen MR) is 217 cm³/mol. The van der Waals surface area contributed by atoms with E-state index in [1.807, 2.05) is 47.4 Å². The number of fused-ring (bicyclic) bond motifs is 6. The summed E-state index contributed by atoms with van der Waals surface area (Å²) in [5.41, 5.74) is 16.7. The minimum atomic E-state index is -1.94. The van der Waals surface area contributed by atoms with Crippen molar-refractivity contribution in [2.45, 2.75) is 80.5 Å². The highest BCUT2D eigenvalue weighted by Crippen LogP contribution is 2.59. The molecular weight excluding hydrogens is 828 g/mol. The molecule has 0 aromatic heterocycles. The minimum absolute atomic E-state index is 0.0551. The number of nitrogens with two attached hydrogens (primary N) is 2. The van der Waals surface area contributed by atoms with Crippen LogP contribution in [0.2, 0.25) is 0 Å². The summed E-state index contributed by atoms with van der Waals surface area (Å²) in [4.78, 5) is 30.0. The van der Waals surface area contributed by atoms with Gasteiger partial charge in [0.15, 0.2) is 24.4 Å². The van der Waals surface area contributed by atoms with E-state index in [1.165, 1.54) is 0 Å². The summed E-state index contributed by atoms with van der Waals surface area (Å²) in [5.74, 6) is -2.14. The van der Waals surface area contributed by atoms with Crippen molar-refractivity contribution in [1.29, 1.82) is 0 Å². The molecule has 5 aliphatic heterocycles. The normalized spacial score (nSPS) is 25.9. The Morgan fingerprint density at radius 2 is 1.76 bits per heavy atom. The second-order valence-corrected chi connectivity index (χ2v) is 15.5. The maximum atomic E-state index is 12.4. The maximum absolute atomic E-state index is 12.4. The van der Waals surface area contributed by atoms with Crippen LogP contribution in [0.3, 0.4) is 0 Å². The van der Waals surface area contributed by atoms with Gasteiger partial charge in [-0.1, -0.05) is 36.4 Å². The van der Waals surface area contributed by atoms with Crippen molar-refractivity contribution in [2.75, 3.05) is 33.2 Å². The molecule has 336 valence electrons. The van der Waals surface area contributed by atoms with Gasteiger partial charge >= 0.3 is 11.9 Å². The predicted octanol–water partition coefficient (Wildman–Crippen LogP) is -0.546. The summed E-state index contributed by atoms with van der Waals surface area (Å²) < 4.78 is 42.7. The van der Waals surface area contributed by atoms with E-state index in [1.54, 1.807) is 24.4 Å². The fourth-order valence-electron chi connectivity index (χ4n) is 8.73. The molecule has 0 saturated carbocycles. The molecule has 1 fully saturated rings. The fourth-order valence-corrected chi connectivity index (χ4v) is 8.73. The van der Waals surface area contributed by atoms with E-state index >= 15 is 0 Å². The Balaban J connectivity index is 1.22. The number of ether oxygens (including phenoxy) is 7. The van der Waals surface area contributed by atoms with Gasteiger partial charge in [-0.3, -0.25) is 14.6 Å². The number of carboxylic acids is 1. The van der Waals surface area contributed by atoms with Crippen LogP contribution in [0.4, 0.5) is 0 Å². The number of carboxylic acid groups (broad SMARTS) is 1. The molecule has 0 spiro atoms. The summed E-state index contributed by atoms with van der Waals surface area (Å²) in [5, 5.41) is 72.3. The van der Waals surface area contributed by atoms with Crippen molar-refractivity contribution < 1.29 is 78.5 Å². The number of nitrogens with zero attached hydrogens (tertiary/aromatic N) is 2. The van der Waals surface area contributed by atoms with Gasteiger partial charge in [0.25, 0.3) is 0 Å². The first-order valence-corrected chi connectivity index (χ1v) is 20.2. The van der Waals surface area contributed by atoms with E-state index in [9.17, 15) is 40.2 Å². The Morgan fingerprint density at radius 3 is 2.48 bits per heavy atom. The first kappa shape index (κ1) is 43.8. The zero-order valence-electron chi connectivity index (χ0n) is 33.6. The summed E-state index contributed by atoms with van der Waals surface area (Å²) in [7, 11) is 0. The van der Waals surface area contributed by atoms with Gasteiger partial charge in [0, 0.05) is 48.5 Å². The first-order valence-electron chi connectivity index (χ1n) is 20.2. The minimum Gasteiger partial charge on any atom is -0.489 e. The van der Waals surface area contributed by atoms with Gasteiger partial charge < -0.3 is 85.3 Å². The third-order valence-electron chi connectivity index (χ3n) is 11.5. The molecule has 1 saturated heterocycles. The number of esters is 1. The van der Waals surface area contributed by atoms with E-state index in [0.29, 0.717) is 47.0 Å². The molecule has 8 rings (SSSR count). The molecule has 20 nitrogen and oxygen atoms in total. The highest BCUT2D eigenvalue weighted by Gasteiger charge is 2.52. The van der Waals surface area contributed by atoms with E-state index in [0.717, 1.165) is 16.7 Å². The van der Waals surface area contributed by atoms with Crippen molar-refractivity contribution >= 4 is 18.2 Å². The lowest BCUT2D eigenvalue weighted by Gasteiger charge is -2.43. The maximum Gasteiger partial charge on any atom is 0.317 e. The van der Waals surface area contributed by atoms with Crippen LogP contribution in [0.25, 0.3) is 0 Å². The van der Waals surface area contributed by atoms with Crippen LogP contribution in [-0.2, 0) is 32.0 Å². The molecular formula is C43H48N4O16. The Kier molecular flexibility index (Phi) is 12.9. The third kappa shape index (κ3) is 8.64. The van der Waals surface area contributed by atoms with Crippen LogP contribution in [0.5, 0.6) is 28.7 Å². The van der Waals surface area contributed by atoms with Gasteiger partial charge in [0.1, 0.15) is 61.2 Å². The Hall–Kier alpha value is -5.81. The summed E-state index contributed by atoms with van der Waals surface area (Å²) in [6, 6.07) is 16.3. The average Bonchev–Trinajstić information content (AvgIpc) is 3.96. The van der Waals surface area contributed by atoms with Crippen LogP contribution in [-0.4, -0.2) is 141 Å². The summed E-state index contributed by atoms with van der Waals surface area (Å²) >= 11 is 0. The number of aliphatic hydroxyl groups excluding tert-OH is 6. The molecule has 3 aromatic carbocycles. The molecule has 5 heterocycles. The van der Waals surface area contributed by atoms with Crippen molar-refractivity contribution in [2.24, 2.45) is 16.5 Å². The zero-order chi connectivity index (χ0) is 44.5. The molecule has 0 radical (unpaired) electrons. The SMILES string of the molecule is NC(N)[C@H](OC(=O)CC(=O)O)[C@H]1O[C@@H](Oc2cc(CN3CC4=CC=NC4=C3CO)c3c(c2)O[C@H](Cc2ccccc2)[C@H]2c4ccc(OCO)c(OCCO)c4O[C@@H]32)[C@H](O)[C@@H](O)[C@@H]1O. The van der Waals surface area contributed by atoms with Gasteiger partial charge in [-0.25, -0.2) is 0 Å². The molecule has 0 aliphatic carbocycles. The monoisotopic (exact) mass is 876 g/mol. The number of carbonyl (C=O) groups excluding carboxylic acids is 1. The average molecular weight is 877 g/mol. The lowest BCUT2D eigenvalue weighted by molar-refractivity contribution is -0.291. The van der Waals surface area contributed by atoms with Gasteiger partial charge in [-0.2, -0.15) is 0 Å². The second-order valence-electron chi connectivity index (χ2n) is 15.5. The number of aliphatic imine (C=N–C) groups is 1. The molecule has 0 unspecified atom stereocenters. The fraction of sp³-hybridized carbons (Fsp3) is 0.419. The molecule has 5 aliphatic rings. The van der Waals surface area contributed by atoms with E-state index in [2.05, 4.69) is 4.99 Å². The summed E-state index contributed by atoms with van der Waals surface area (Å²) in [6.45, 7) is -0.834. The number of allylic oxidation sites excluding steroid dienone is 1. The van der Waals surface area contributed by atoms with E-state index in [4.69, 9.17) is 49.7 Å². The lowest BCUT2D eigenvalue weighted by Crippen LogP contribution is -2.66. The van der Waals surface area contributed by atoms with Crippen LogP contribution in [0.15, 0.2) is 82.6 Å². The molecule has 11 N–H and O–H groups in total. The summed E-state index contributed by atoms with van der Waals surface area (Å²) in [6.07, 6.45) is -10.9. The Morgan fingerprint density at radius 1 is 0.968 bits per heavy atom. The topological polar surface area (TPSA) is 308 Å². The number of aliphatic carboxylic acids is 1. The highest BCUT2D eigenvalue weighted by atomic mass is 16.7. The Labute approximate surface area is 359 Å². The first-order chi connectivity index (χ1) is 30.4. The van der Waals surface area contributed by atoms with Crippen molar-refractivity contribution in [3.63, 3.8) is 0 Å². The number of hydrogen-bond donors (Lipinski definition) is 9. The van der Waals surface area contributed by atoms with Crippen molar-refractivity contribution in [1.82, 2.24) is 4.90 Å². The smallest absolute Gasteiger partial charge is 0.317 e. The van der Waals surface area contributed by atoms with Gasteiger partial charge in [0.2, 0.25) is 12.0 Å². The van der Waals surface area contributed by atoms with E-state index < -0.39 is 86.3 Å². The molecule has 20 heteroatoms. The molecule has 9 atom stereocenters. The zero-order valence-corrected chi connectivity index (χ0v) is 33.6. The van der Waals surface area contributed by atoms with E-state index in [-0.39, 0.29) is 43.6 Å². The van der Waals surface area contributed by atoms with Crippen LogP contribution >= 0.6 is 0 Å².